The highest BCUT2D eigenvalue weighted by atomic mass is 16.6. The van der Waals surface area contributed by atoms with Gasteiger partial charge in [0.05, 0.1) is 11.1 Å². The summed E-state index contributed by atoms with van der Waals surface area (Å²) in [7, 11) is 0. The molecule has 3 aromatic carbocycles. The number of carbonyl (C=O) groups excluding carboxylic acids is 3. The number of aryl methyl sites for hydroxylation is 1. The molecule has 0 radical (unpaired) electrons. The van der Waals surface area contributed by atoms with Gasteiger partial charge in [0.2, 0.25) is 6.10 Å². The van der Waals surface area contributed by atoms with Gasteiger partial charge in [-0.3, -0.25) is 0 Å². The Labute approximate surface area is 181 Å². The summed E-state index contributed by atoms with van der Waals surface area (Å²) < 4.78 is 10.5. The van der Waals surface area contributed by atoms with E-state index in [2.05, 4.69) is 6.92 Å². The Balaban J connectivity index is 1.73. The molecule has 0 heterocycles. The standard InChI is InChI=1S/C26H24O5/c1-2-3-10-19-15-17-22(18-16-19)25(28)31-26(29)23(20-11-6-4-7-12-20)30-24(27)21-13-8-5-9-14-21/h4-9,11-18,23H,2-3,10H2,1H3. The number of ether oxygens (including phenoxy) is 2. The van der Waals surface area contributed by atoms with Crippen molar-refractivity contribution in [3.05, 3.63) is 107 Å². The lowest BCUT2D eigenvalue weighted by Crippen LogP contribution is -2.24. The van der Waals surface area contributed by atoms with Gasteiger partial charge >= 0.3 is 17.9 Å². The van der Waals surface area contributed by atoms with Gasteiger partial charge in [-0.1, -0.05) is 74.0 Å². The minimum Gasteiger partial charge on any atom is -0.442 e. The predicted octanol–water partition coefficient (Wildman–Crippen LogP) is 5.31. The van der Waals surface area contributed by atoms with E-state index in [1.165, 1.54) is 0 Å². The second-order valence-corrected chi connectivity index (χ2v) is 7.07. The van der Waals surface area contributed by atoms with E-state index in [0.717, 1.165) is 24.8 Å². The second kappa shape index (κ2) is 10.9. The summed E-state index contributed by atoms with van der Waals surface area (Å²) in [5.41, 5.74) is 2.09. The number of hydrogen-bond donors (Lipinski definition) is 0. The Morgan fingerprint density at radius 3 is 1.94 bits per heavy atom. The summed E-state index contributed by atoms with van der Waals surface area (Å²) in [5, 5.41) is 0. The van der Waals surface area contributed by atoms with E-state index in [1.807, 2.05) is 12.1 Å². The zero-order valence-corrected chi connectivity index (χ0v) is 17.3. The number of carbonyl (C=O) groups is 3. The van der Waals surface area contributed by atoms with Gasteiger partial charge in [-0.2, -0.15) is 0 Å². The van der Waals surface area contributed by atoms with Crippen LogP contribution in [0, 0.1) is 0 Å². The van der Waals surface area contributed by atoms with Gasteiger partial charge in [0.15, 0.2) is 0 Å². The molecule has 1 atom stereocenters. The van der Waals surface area contributed by atoms with E-state index in [9.17, 15) is 14.4 Å². The number of rotatable bonds is 8. The zero-order chi connectivity index (χ0) is 22.1. The number of unbranched alkanes of at least 4 members (excludes halogenated alkanes) is 1. The van der Waals surface area contributed by atoms with Crippen molar-refractivity contribution >= 4 is 17.9 Å². The highest BCUT2D eigenvalue weighted by molar-refractivity contribution is 5.99. The van der Waals surface area contributed by atoms with Crippen LogP contribution in [0.4, 0.5) is 0 Å². The molecule has 0 aliphatic rings. The first-order valence-electron chi connectivity index (χ1n) is 10.2. The Hall–Kier alpha value is -3.73. The van der Waals surface area contributed by atoms with Crippen molar-refractivity contribution < 1.29 is 23.9 Å². The monoisotopic (exact) mass is 416 g/mol. The minimum atomic E-state index is -1.36. The third-order valence-corrected chi connectivity index (χ3v) is 4.75. The van der Waals surface area contributed by atoms with Gasteiger partial charge in [-0.05, 0) is 42.7 Å². The molecule has 0 amide bonds. The quantitative estimate of drug-likeness (QED) is 0.368. The zero-order valence-electron chi connectivity index (χ0n) is 17.3. The summed E-state index contributed by atoms with van der Waals surface area (Å²) >= 11 is 0. The summed E-state index contributed by atoms with van der Waals surface area (Å²) in [5.74, 6) is -2.42. The maximum atomic E-state index is 12.8. The van der Waals surface area contributed by atoms with Crippen LogP contribution >= 0.6 is 0 Å². The Kier molecular flexibility index (Phi) is 7.71. The molecule has 1 unspecified atom stereocenters. The van der Waals surface area contributed by atoms with Gasteiger partial charge in [-0.15, -0.1) is 0 Å². The van der Waals surface area contributed by atoms with Gasteiger partial charge in [-0.25, -0.2) is 14.4 Å². The van der Waals surface area contributed by atoms with Crippen molar-refractivity contribution in [2.24, 2.45) is 0 Å². The van der Waals surface area contributed by atoms with Crippen LogP contribution in [0.2, 0.25) is 0 Å². The van der Waals surface area contributed by atoms with Crippen LogP contribution in [0.15, 0.2) is 84.9 Å². The van der Waals surface area contributed by atoms with Crippen molar-refractivity contribution in [3.63, 3.8) is 0 Å². The molecular formula is C26H24O5. The first-order valence-corrected chi connectivity index (χ1v) is 10.2. The van der Waals surface area contributed by atoms with Gasteiger partial charge < -0.3 is 9.47 Å². The lowest BCUT2D eigenvalue weighted by molar-refractivity contribution is -0.148. The van der Waals surface area contributed by atoms with Gasteiger partial charge in [0.25, 0.3) is 0 Å². The molecule has 3 aromatic rings. The molecular weight excluding hydrogens is 392 g/mol. The van der Waals surface area contributed by atoms with Crippen molar-refractivity contribution in [3.8, 4) is 0 Å². The Bertz CT molecular complexity index is 1010. The summed E-state index contributed by atoms with van der Waals surface area (Å²) in [4.78, 5) is 37.8. The van der Waals surface area contributed by atoms with E-state index in [4.69, 9.17) is 9.47 Å². The summed E-state index contributed by atoms with van der Waals surface area (Å²) in [6, 6.07) is 23.8. The third kappa shape index (κ3) is 6.12. The maximum absolute atomic E-state index is 12.8. The molecule has 5 heteroatoms. The van der Waals surface area contributed by atoms with Crippen LogP contribution in [-0.2, 0) is 20.7 Å². The minimum absolute atomic E-state index is 0.259. The topological polar surface area (TPSA) is 69.7 Å². The molecule has 0 fully saturated rings. The largest absolute Gasteiger partial charge is 0.442 e. The van der Waals surface area contributed by atoms with Crippen LogP contribution in [0.1, 0.15) is 57.7 Å². The third-order valence-electron chi connectivity index (χ3n) is 4.75. The highest BCUT2D eigenvalue weighted by Crippen LogP contribution is 2.22. The molecule has 0 aliphatic heterocycles. The summed E-state index contributed by atoms with van der Waals surface area (Å²) in [6.45, 7) is 2.12. The molecule has 5 nitrogen and oxygen atoms in total. The molecule has 0 N–H and O–H groups in total. The van der Waals surface area contributed by atoms with Gasteiger partial charge in [0, 0.05) is 5.56 Å². The lowest BCUT2D eigenvalue weighted by Gasteiger charge is -2.16. The Morgan fingerprint density at radius 2 is 1.32 bits per heavy atom. The van der Waals surface area contributed by atoms with E-state index in [1.54, 1.807) is 72.8 Å². The van der Waals surface area contributed by atoms with E-state index in [-0.39, 0.29) is 5.56 Å². The molecule has 0 saturated carbocycles. The molecule has 158 valence electrons. The fraction of sp³-hybridized carbons (Fsp3) is 0.192. The highest BCUT2D eigenvalue weighted by Gasteiger charge is 2.29. The second-order valence-electron chi connectivity index (χ2n) is 7.07. The predicted molar refractivity (Wildman–Crippen MR) is 117 cm³/mol. The van der Waals surface area contributed by atoms with Gasteiger partial charge in [0.1, 0.15) is 0 Å². The van der Waals surface area contributed by atoms with Crippen LogP contribution in [0.25, 0.3) is 0 Å². The molecule has 0 bridgehead atoms. The normalized spacial score (nSPS) is 11.4. The summed E-state index contributed by atoms with van der Waals surface area (Å²) in [6.07, 6.45) is 1.71. The fourth-order valence-electron chi connectivity index (χ4n) is 3.02. The van der Waals surface area contributed by atoms with E-state index in [0.29, 0.717) is 11.1 Å². The first-order chi connectivity index (χ1) is 15.1. The molecule has 31 heavy (non-hydrogen) atoms. The first kappa shape index (κ1) is 22.0. The number of benzene rings is 3. The SMILES string of the molecule is CCCCc1ccc(C(=O)OC(=O)C(OC(=O)c2ccccc2)c2ccccc2)cc1. The number of hydrogen-bond acceptors (Lipinski definition) is 5. The van der Waals surface area contributed by atoms with Crippen molar-refractivity contribution in [2.45, 2.75) is 32.3 Å². The smallest absolute Gasteiger partial charge is 0.360 e. The van der Waals surface area contributed by atoms with Crippen LogP contribution in [0.3, 0.4) is 0 Å². The molecule has 0 spiro atoms. The number of esters is 3. The maximum Gasteiger partial charge on any atom is 0.360 e. The van der Waals surface area contributed by atoms with E-state index < -0.39 is 24.0 Å². The fourth-order valence-corrected chi connectivity index (χ4v) is 3.02. The molecule has 0 aliphatic carbocycles. The molecule has 3 rings (SSSR count). The lowest BCUT2D eigenvalue weighted by atomic mass is 10.1. The van der Waals surface area contributed by atoms with Crippen LogP contribution in [0.5, 0.6) is 0 Å². The van der Waals surface area contributed by atoms with Crippen LogP contribution in [-0.4, -0.2) is 17.9 Å². The van der Waals surface area contributed by atoms with Crippen molar-refractivity contribution in [2.75, 3.05) is 0 Å². The molecule has 0 saturated heterocycles. The van der Waals surface area contributed by atoms with Crippen LogP contribution < -0.4 is 0 Å². The average molecular weight is 416 g/mol. The average Bonchev–Trinajstić information content (AvgIpc) is 2.82. The molecule has 0 aromatic heterocycles. The Morgan fingerprint density at radius 1 is 0.742 bits per heavy atom. The van der Waals surface area contributed by atoms with E-state index >= 15 is 0 Å². The van der Waals surface area contributed by atoms with Crippen molar-refractivity contribution in [1.82, 2.24) is 0 Å². The van der Waals surface area contributed by atoms with Crippen molar-refractivity contribution in [1.29, 1.82) is 0 Å².